The van der Waals surface area contributed by atoms with Gasteiger partial charge in [0.1, 0.15) is 23.7 Å². The van der Waals surface area contributed by atoms with Crippen molar-refractivity contribution in [2.24, 2.45) is 5.73 Å². The maximum absolute atomic E-state index is 12.3. The molecule has 7 heteroatoms. The second-order valence-electron chi connectivity index (χ2n) is 7.06. The van der Waals surface area contributed by atoms with Crippen LogP contribution in [0.25, 0.3) is 22.5 Å². The molecule has 0 aliphatic heterocycles. The quantitative estimate of drug-likeness (QED) is 0.469. The van der Waals surface area contributed by atoms with Gasteiger partial charge in [-0.15, -0.1) is 0 Å². The first-order valence-corrected chi connectivity index (χ1v) is 9.72. The van der Waals surface area contributed by atoms with Crippen LogP contribution in [0.1, 0.15) is 16.7 Å². The summed E-state index contributed by atoms with van der Waals surface area (Å²) >= 11 is 0. The predicted molar refractivity (Wildman–Crippen MR) is 115 cm³/mol. The number of carbonyl (C=O) groups is 1. The van der Waals surface area contributed by atoms with E-state index in [1.54, 1.807) is 19.1 Å². The van der Waals surface area contributed by atoms with Gasteiger partial charge in [-0.3, -0.25) is 4.79 Å². The summed E-state index contributed by atoms with van der Waals surface area (Å²) < 4.78 is 22.4. The first-order valence-electron chi connectivity index (χ1n) is 9.72. The van der Waals surface area contributed by atoms with Crippen LogP contribution < -0.4 is 20.8 Å². The summed E-state index contributed by atoms with van der Waals surface area (Å²) in [6.07, 6.45) is 0. The molecule has 2 heterocycles. The van der Waals surface area contributed by atoms with Crippen molar-refractivity contribution in [3.63, 3.8) is 0 Å². The Morgan fingerprint density at radius 3 is 2.52 bits per heavy atom. The number of benzene rings is 2. The van der Waals surface area contributed by atoms with Crippen LogP contribution in [0.2, 0.25) is 0 Å². The third kappa shape index (κ3) is 4.22. The van der Waals surface area contributed by atoms with Crippen LogP contribution in [0, 0.1) is 13.8 Å². The molecule has 0 radical (unpaired) electrons. The van der Waals surface area contributed by atoms with Gasteiger partial charge < -0.3 is 24.0 Å². The highest BCUT2D eigenvalue weighted by atomic mass is 16.5. The average Bonchev–Trinajstić information content (AvgIpc) is 3.21. The van der Waals surface area contributed by atoms with Gasteiger partial charge in [0.15, 0.2) is 11.5 Å². The molecular weight excluding hydrogens is 398 g/mol. The van der Waals surface area contributed by atoms with Crippen LogP contribution in [-0.4, -0.2) is 12.5 Å². The highest BCUT2D eigenvalue weighted by molar-refractivity contribution is 5.84. The van der Waals surface area contributed by atoms with Gasteiger partial charge >= 0.3 is 11.6 Å². The number of ether oxygens (including phenoxy) is 2. The van der Waals surface area contributed by atoms with E-state index in [9.17, 15) is 9.59 Å². The molecule has 4 aromatic rings. The van der Waals surface area contributed by atoms with Crippen molar-refractivity contribution >= 4 is 16.9 Å². The molecule has 0 amide bonds. The number of nitrogens with two attached hydrogens (primary N) is 1. The minimum atomic E-state index is -0.646. The topological polar surface area (TPSA) is 105 Å². The van der Waals surface area contributed by atoms with E-state index in [4.69, 9.17) is 24.0 Å². The zero-order chi connectivity index (χ0) is 22.0. The fraction of sp³-hybridized carbons (Fsp3) is 0.167. The molecule has 0 spiro atoms. The number of hydrogen-bond acceptors (Lipinski definition) is 7. The van der Waals surface area contributed by atoms with E-state index in [-0.39, 0.29) is 23.6 Å². The van der Waals surface area contributed by atoms with Crippen molar-refractivity contribution in [3.05, 3.63) is 81.7 Å². The lowest BCUT2D eigenvalue weighted by Crippen LogP contribution is -2.22. The first-order chi connectivity index (χ1) is 15.0. The van der Waals surface area contributed by atoms with E-state index in [0.717, 1.165) is 10.9 Å². The van der Waals surface area contributed by atoms with E-state index >= 15 is 0 Å². The molecule has 2 N–H and O–H groups in total. The van der Waals surface area contributed by atoms with E-state index in [1.165, 1.54) is 6.92 Å². The summed E-state index contributed by atoms with van der Waals surface area (Å²) in [4.78, 5) is 24.0. The molecule has 0 saturated carbocycles. The molecule has 0 aliphatic carbocycles. The van der Waals surface area contributed by atoms with Gasteiger partial charge in [0.05, 0.1) is 12.1 Å². The van der Waals surface area contributed by atoms with Gasteiger partial charge in [-0.25, -0.2) is 4.79 Å². The average molecular weight is 419 g/mol. The Kier molecular flexibility index (Phi) is 5.60. The molecule has 7 nitrogen and oxygen atoms in total. The monoisotopic (exact) mass is 419 g/mol. The largest absolute Gasteiger partial charge is 0.489 e. The molecule has 0 fully saturated rings. The van der Waals surface area contributed by atoms with Crippen LogP contribution in [0.5, 0.6) is 11.5 Å². The molecule has 2 aromatic heterocycles. The molecule has 4 rings (SSSR count). The molecule has 0 saturated heterocycles. The summed E-state index contributed by atoms with van der Waals surface area (Å²) in [6.45, 7) is 3.35. The zero-order valence-corrected chi connectivity index (χ0v) is 17.1. The number of carbonyl (C=O) groups excluding carboxylic acids is 1. The summed E-state index contributed by atoms with van der Waals surface area (Å²) in [5.41, 5.74) is 7.04. The SMILES string of the molecule is Cc1c(-c2cc3cc(OCc4ccccc4)ccc3o2)oc(=O)c(C)c1OC(=O)CN. The van der Waals surface area contributed by atoms with E-state index in [1.807, 2.05) is 42.5 Å². The van der Waals surface area contributed by atoms with Gasteiger partial charge in [0.25, 0.3) is 0 Å². The van der Waals surface area contributed by atoms with Gasteiger partial charge in [0, 0.05) is 10.9 Å². The number of fused-ring (bicyclic) bond motifs is 1. The van der Waals surface area contributed by atoms with Crippen molar-refractivity contribution in [1.82, 2.24) is 0 Å². The fourth-order valence-electron chi connectivity index (χ4n) is 3.23. The number of esters is 1. The second-order valence-corrected chi connectivity index (χ2v) is 7.06. The van der Waals surface area contributed by atoms with E-state index in [0.29, 0.717) is 29.3 Å². The van der Waals surface area contributed by atoms with Crippen molar-refractivity contribution in [1.29, 1.82) is 0 Å². The van der Waals surface area contributed by atoms with Crippen LogP contribution in [-0.2, 0) is 11.4 Å². The van der Waals surface area contributed by atoms with Crippen molar-refractivity contribution in [2.45, 2.75) is 20.5 Å². The van der Waals surface area contributed by atoms with E-state index in [2.05, 4.69) is 0 Å². The summed E-state index contributed by atoms with van der Waals surface area (Å²) in [5, 5.41) is 0.781. The molecule has 0 aliphatic rings. The number of rotatable bonds is 6. The smallest absolute Gasteiger partial charge is 0.343 e. The normalized spacial score (nSPS) is 10.9. The van der Waals surface area contributed by atoms with Crippen LogP contribution in [0.15, 0.2) is 68.2 Å². The van der Waals surface area contributed by atoms with Crippen LogP contribution in [0.3, 0.4) is 0 Å². The number of hydrogen-bond donors (Lipinski definition) is 1. The second kappa shape index (κ2) is 8.49. The lowest BCUT2D eigenvalue weighted by Gasteiger charge is -2.10. The first kappa shape index (κ1) is 20.4. The standard InChI is InChI=1S/C24H21NO6/c1-14-22(30-21(26)12-25)15(2)24(27)31-23(14)20-11-17-10-18(8-9-19(17)29-20)28-13-16-6-4-3-5-7-16/h3-11H,12-13,25H2,1-2H3. The summed E-state index contributed by atoms with van der Waals surface area (Å²) in [5.74, 6) is 0.707. The van der Waals surface area contributed by atoms with Crippen LogP contribution >= 0.6 is 0 Å². The Hall–Kier alpha value is -3.84. The molecule has 158 valence electrons. The lowest BCUT2D eigenvalue weighted by molar-refractivity contribution is -0.132. The Morgan fingerprint density at radius 1 is 1.00 bits per heavy atom. The predicted octanol–water partition coefficient (Wildman–Crippen LogP) is 4.11. The minimum absolute atomic E-state index is 0.133. The third-order valence-electron chi connectivity index (χ3n) is 4.87. The summed E-state index contributed by atoms with van der Waals surface area (Å²) in [6, 6.07) is 17.1. The lowest BCUT2D eigenvalue weighted by atomic mass is 10.1. The molecule has 0 atom stereocenters. The van der Waals surface area contributed by atoms with Crippen LogP contribution in [0.4, 0.5) is 0 Å². The highest BCUT2D eigenvalue weighted by Gasteiger charge is 2.21. The van der Waals surface area contributed by atoms with Crippen molar-refractivity contribution in [3.8, 4) is 23.0 Å². The van der Waals surface area contributed by atoms with Gasteiger partial charge in [-0.05, 0) is 43.7 Å². The maximum Gasteiger partial charge on any atom is 0.343 e. The Bertz CT molecular complexity index is 1300. The Balaban J connectivity index is 1.67. The zero-order valence-electron chi connectivity index (χ0n) is 17.1. The summed E-state index contributed by atoms with van der Waals surface area (Å²) in [7, 11) is 0. The van der Waals surface area contributed by atoms with E-state index < -0.39 is 11.6 Å². The van der Waals surface area contributed by atoms with Gasteiger partial charge in [-0.2, -0.15) is 0 Å². The molecule has 0 unspecified atom stereocenters. The Morgan fingerprint density at radius 2 is 1.77 bits per heavy atom. The molecule has 2 aromatic carbocycles. The fourth-order valence-corrected chi connectivity index (χ4v) is 3.23. The highest BCUT2D eigenvalue weighted by Crippen LogP contribution is 2.35. The Labute approximate surface area is 178 Å². The number of furan rings is 1. The minimum Gasteiger partial charge on any atom is -0.489 e. The maximum atomic E-state index is 12.3. The van der Waals surface area contributed by atoms with Crippen molar-refractivity contribution in [2.75, 3.05) is 6.54 Å². The molecule has 0 bridgehead atoms. The van der Waals surface area contributed by atoms with Crippen molar-refractivity contribution < 1.29 is 23.1 Å². The van der Waals surface area contributed by atoms with Gasteiger partial charge in [0.2, 0.25) is 0 Å². The third-order valence-corrected chi connectivity index (χ3v) is 4.87. The van der Waals surface area contributed by atoms with Gasteiger partial charge in [-0.1, -0.05) is 30.3 Å². The molecule has 31 heavy (non-hydrogen) atoms. The molecular formula is C24H21NO6.